The van der Waals surface area contributed by atoms with Crippen molar-refractivity contribution in [2.45, 2.75) is 26.7 Å². The van der Waals surface area contributed by atoms with E-state index < -0.39 is 28.7 Å². The second-order valence-electron chi connectivity index (χ2n) is 7.51. The van der Waals surface area contributed by atoms with Gasteiger partial charge < -0.3 is 19.1 Å². The third kappa shape index (κ3) is 4.67. The first-order chi connectivity index (χ1) is 15.4. The van der Waals surface area contributed by atoms with Crippen LogP contribution in [0.4, 0.5) is 5.69 Å². The van der Waals surface area contributed by atoms with Crippen LogP contribution in [-0.4, -0.2) is 61.3 Å². The number of nitro benzene ring substituents is 1. The van der Waals surface area contributed by atoms with Gasteiger partial charge in [-0.05, 0) is 32.4 Å². The zero-order valence-corrected chi connectivity index (χ0v) is 18.5. The molecule has 0 saturated carbocycles. The van der Waals surface area contributed by atoms with Crippen LogP contribution in [0.1, 0.15) is 32.3 Å². The molecule has 0 radical (unpaired) electrons. The molecular formula is C23H28N2O7. The molecule has 9 nitrogen and oxygen atoms in total. The van der Waals surface area contributed by atoms with Gasteiger partial charge in [0.15, 0.2) is 0 Å². The third-order valence-electron chi connectivity index (χ3n) is 5.63. The quantitative estimate of drug-likeness (QED) is 0.359. The van der Waals surface area contributed by atoms with Crippen molar-refractivity contribution in [3.63, 3.8) is 0 Å². The number of morpholine rings is 1. The highest BCUT2D eigenvalue weighted by molar-refractivity contribution is 5.95. The Morgan fingerprint density at radius 2 is 1.81 bits per heavy atom. The average Bonchev–Trinajstić information content (AvgIpc) is 2.79. The summed E-state index contributed by atoms with van der Waals surface area (Å²) >= 11 is 0. The van der Waals surface area contributed by atoms with Gasteiger partial charge in [0, 0.05) is 41.9 Å². The fourth-order valence-electron chi connectivity index (χ4n) is 4.32. The average molecular weight is 444 g/mol. The van der Waals surface area contributed by atoms with E-state index >= 15 is 0 Å². The summed E-state index contributed by atoms with van der Waals surface area (Å²) in [7, 11) is 0. The number of allylic oxidation sites excluding steroid dienone is 2. The number of para-hydroxylation sites is 1. The highest BCUT2D eigenvalue weighted by atomic mass is 16.6. The molecule has 2 aliphatic rings. The molecule has 9 heteroatoms. The lowest BCUT2D eigenvalue weighted by Gasteiger charge is -2.40. The standard InChI is InChI=1S/C23H28N2O7/c1-4-31-22(26)19-15(3)14-18(24-10-12-30-13-11-24)21(23(27)32-5-2)20(19)16-8-6-7-9-17(16)25(28)29/h6-9,14,20-21H,4-5,10-13H2,1-3H3/t20-,21-/m0/s1. The predicted molar refractivity (Wildman–Crippen MR) is 116 cm³/mol. The molecular weight excluding hydrogens is 416 g/mol. The molecule has 1 fully saturated rings. The van der Waals surface area contributed by atoms with Crippen LogP contribution in [0.5, 0.6) is 0 Å². The molecule has 0 amide bonds. The van der Waals surface area contributed by atoms with Gasteiger partial charge in [0.05, 0.1) is 31.4 Å². The van der Waals surface area contributed by atoms with E-state index in [2.05, 4.69) is 0 Å². The number of nitrogens with zero attached hydrogens (tertiary/aromatic N) is 2. The summed E-state index contributed by atoms with van der Waals surface area (Å²) in [6.45, 7) is 7.56. The van der Waals surface area contributed by atoms with Crippen LogP contribution in [0.2, 0.25) is 0 Å². The molecule has 1 saturated heterocycles. The van der Waals surface area contributed by atoms with E-state index in [0.29, 0.717) is 37.6 Å². The SMILES string of the molecule is CCOC(=O)C1=C(C)C=C(N2CCOCC2)[C@H](C(=O)OCC)[C@H]1c1ccccc1[N+](=O)[O-]. The Morgan fingerprint density at radius 1 is 1.16 bits per heavy atom. The van der Waals surface area contributed by atoms with Gasteiger partial charge in [-0.15, -0.1) is 0 Å². The minimum absolute atomic E-state index is 0.142. The lowest BCUT2D eigenvalue weighted by molar-refractivity contribution is -0.385. The summed E-state index contributed by atoms with van der Waals surface area (Å²) < 4.78 is 16.1. The van der Waals surface area contributed by atoms with Gasteiger partial charge in [-0.3, -0.25) is 14.9 Å². The number of esters is 2. The lowest BCUT2D eigenvalue weighted by Crippen LogP contribution is -2.43. The summed E-state index contributed by atoms with van der Waals surface area (Å²) in [6, 6.07) is 6.19. The van der Waals surface area contributed by atoms with Crippen LogP contribution in [0, 0.1) is 16.0 Å². The Hall–Kier alpha value is -3.20. The maximum absolute atomic E-state index is 13.3. The Kier molecular flexibility index (Phi) is 7.63. The Bertz CT molecular complexity index is 947. The van der Waals surface area contributed by atoms with Crippen LogP contribution >= 0.6 is 0 Å². The number of carbonyl (C=O) groups excluding carboxylic acids is 2. The van der Waals surface area contributed by atoms with Crippen molar-refractivity contribution in [2.24, 2.45) is 5.92 Å². The Morgan fingerprint density at radius 3 is 2.44 bits per heavy atom. The molecule has 0 N–H and O–H groups in total. The first-order valence-corrected chi connectivity index (χ1v) is 10.7. The highest BCUT2D eigenvalue weighted by Crippen LogP contribution is 2.46. The topological polar surface area (TPSA) is 108 Å². The largest absolute Gasteiger partial charge is 0.465 e. The molecule has 1 heterocycles. The Labute approximate surface area is 186 Å². The minimum atomic E-state index is -0.933. The molecule has 1 aromatic rings. The molecule has 32 heavy (non-hydrogen) atoms. The molecule has 1 aromatic carbocycles. The lowest BCUT2D eigenvalue weighted by atomic mass is 9.72. The van der Waals surface area contributed by atoms with E-state index in [-0.39, 0.29) is 30.0 Å². The summed E-state index contributed by atoms with van der Waals surface area (Å²) in [4.78, 5) is 39.7. The van der Waals surface area contributed by atoms with Crippen LogP contribution < -0.4 is 0 Å². The van der Waals surface area contributed by atoms with Gasteiger partial charge in [-0.2, -0.15) is 0 Å². The smallest absolute Gasteiger partial charge is 0.334 e. The monoisotopic (exact) mass is 444 g/mol. The van der Waals surface area contributed by atoms with E-state index in [9.17, 15) is 19.7 Å². The van der Waals surface area contributed by atoms with Gasteiger partial charge >= 0.3 is 11.9 Å². The van der Waals surface area contributed by atoms with E-state index in [1.807, 2.05) is 4.90 Å². The molecule has 0 unspecified atom stereocenters. The normalized spacial score (nSPS) is 21.1. The summed E-state index contributed by atoms with van der Waals surface area (Å²) in [6.07, 6.45) is 1.80. The van der Waals surface area contributed by atoms with E-state index in [1.54, 1.807) is 45.0 Å². The van der Waals surface area contributed by atoms with Gasteiger partial charge in [0.2, 0.25) is 0 Å². The molecule has 2 atom stereocenters. The van der Waals surface area contributed by atoms with Crippen molar-refractivity contribution in [2.75, 3.05) is 39.5 Å². The van der Waals surface area contributed by atoms with Crippen molar-refractivity contribution in [3.8, 4) is 0 Å². The van der Waals surface area contributed by atoms with Crippen molar-refractivity contribution in [1.29, 1.82) is 0 Å². The number of nitro groups is 1. The molecule has 0 spiro atoms. The summed E-state index contributed by atoms with van der Waals surface area (Å²) in [5.41, 5.74) is 1.62. The van der Waals surface area contributed by atoms with Crippen LogP contribution in [0.3, 0.4) is 0 Å². The number of benzene rings is 1. The third-order valence-corrected chi connectivity index (χ3v) is 5.63. The number of rotatable bonds is 7. The highest BCUT2D eigenvalue weighted by Gasteiger charge is 2.46. The predicted octanol–water partition coefficient (Wildman–Crippen LogP) is 2.97. The minimum Gasteiger partial charge on any atom is -0.465 e. The molecule has 0 bridgehead atoms. The van der Waals surface area contributed by atoms with Crippen molar-refractivity contribution >= 4 is 17.6 Å². The second-order valence-corrected chi connectivity index (χ2v) is 7.51. The van der Waals surface area contributed by atoms with Gasteiger partial charge in [-0.25, -0.2) is 4.79 Å². The van der Waals surface area contributed by atoms with Crippen LogP contribution in [0.25, 0.3) is 0 Å². The fraction of sp³-hybridized carbons (Fsp3) is 0.478. The second kappa shape index (κ2) is 10.4. The number of ether oxygens (including phenoxy) is 3. The van der Waals surface area contributed by atoms with Crippen molar-refractivity contribution < 1.29 is 28.7 Å². The van der Waals surface area contributed by atoms with Crippen molar-refractivity contribution in [1.82, 2.24) is 4.90 Å². The molecule has 1 aliphatic carbocycles. The zero-order chi connectivity index (χ0) is 23.3. The Balaban J connectivity index is 2.25. The first kappa shape index (κ1) is 23.5. The summed E-state index contributed by atoms with van der Waals surface area (Å²) in [5.74, 6) is -2.99. The number of carbonyl (C=O) groups is 2. The van der Waals surface area contributed by atoms with Gasteiger partial charge in [0.25, 0.3) is 5.69 Å². The van der Waals surface area contributed by atoms with E-state index in [1.165, 1.54) is 6.07 Å². The van der Waals surface area contributed by atoms with E-state index in [4.69, 9.17) is 14.2 Å². The molecule has 1 aliphatic heterocycles. The number of hydrogen-bond acceptors (Lipinski definition) is 8. The molecule has 0 aromatic heterocycles. The number of hydrogen-bond donors (Lipinski definition) is 0. The zero-order valence-electron chi connectivity index (χ0n) is 18.5. The first-order valence-electron chi connectivity index (χ1n) is 10.7. The maximum atomic E-state index is 13.3. The van der Waals surface area contributed by atoms with Gasteiger partial charge in [-0.1, -0.05) is 18.2 Å². The van der Waals surface area contributed by atoms with Crippen LogP contribution in [0.15, 0.2) is 47.2 Å². The van der Waals surface area contributed by atoms with Crippen LogP contribution in [-0.2, 0) is 23.8 Å². The fourth-order valence-corrected chi connectivity index (χ4v) is 4.32. The van der Waals surface area contributed by atoms with Gasteiger partial charge in [0.1, 0.15) is 5.92 Å². The van der Waals surface area contributed by atoms with E-state index in [0.717, 1.165) is 0 Å². The van der Waals surface area contributed by atoms with Crippen molar-refractivity contribution in [3.05, 3.63) is 62.9 Å². The summed E-state index contributed by atoms with van der Waals surface area (Å²) in [5, 5.41) is 11.8. The molecule has 172 valence electrons. The maximum Gasteiger partial charge on any atom is 0.334 e. The molecule has 3 rings (SSSR count).